The van der Waals surface area contributed by atoms with Crippen molar-refractivity contribution in [3.05, 3.63) is 35.3 Å². The number of hydrogen-bond acceptors (Lipinski definition) is 4. The molecule has 2 N–H and O–H groups in total. The van der Waals surface area contributed by atoms with Gasteiger partial charge in [0.05, 0.1) is 5.52 Å². The largest absolute Gasteiger partial charge is 0.375 e. The number of H-pyrrole nitrogens is 1. The zero-order valence-electron chi connectivity index (χ0n) is 18.2. The van der Waals surface area contributed by atoms with Crippen LogP contribution in [0.15, 0.2) is 18.2 Å². The van der Waals surface area contributed by atoms with E-state index in [1.807, 2.05) is 11.8 Å². The van der Waals surface area contributed by atoms with Crippen molar-refractivity contribution in [2.45, 2.75) is 44.7 Å². The molecule has 2 heterocycles. The van der Waals surface area contributed by atoms with E-state index in [-0.39, 0.29) is 30.3 Å². The van der Waals surface area contributed by atoms with E-state index in [4.69, 9.17) is 4.74 Å². The number of ether oxygens (including phenoxy) is 1. The summed E-state index contributed by atoms with van der Waals surface area (Å²) in [6.45, 7) is 5.16. The number of methoxy groups -OCH3 is 1. The van der Waals surface area contributed by atoms with E-state index in [2.05, 4.69) is 15.2 Å². The van der Waals surface area contributed by atoms with Crippen LogP contribution in [0.5, 0.6) is 0 Å². The van der Waals surface area contributed by atoms with Crippen LogP contribution in [0.2, 0.25) is 0 Å². The number of carbonyl (C=O) groups excluding carboxylic acids is 2. The Labute approximate surface area is 181 Å². The third-order valence-corrected chi connectivity index (χ3v) is 6.63. The Morgan fingerprint density at radius 3 is 2.71 bits per heavy atom. The van der Waals surface area contributed by atoms with Gasteiger partial charge in [0.2, 0.25) is 5.91 Å². The summed E-state index contributed by atoms with van der Waals surface area (Å²) >= 11 is 0. The molecule has 168 valence electrons. The fourth-order valence-electron chi connectivity index (χ4n) is 4.89. The summed E-state index contributed by atoms with van der Waals surface area (Å²) in [6, 6.07) is 5.24. The lowest BCUT2D eigenvalue weighted by molar-refractivity contribution is -0.137. The molecule has 2 amide bonds. The molecule has 2 fully saturated rings. The summed E-state index contributed by atoms with van der Waals surface area (Å²) in [5, 5.41) is 3.60. The topological polar surface area (TPSA) is 77.7 Å². The van der Waals surface area contributed by atoms with Gasteiger partial charge in [0.15, 0.2) is 0 Å². The van der Waals surface area contributed by atoms with Crippen molar-refractivity contribution in [1.29, 1.82) is 0 Å². The molecule has 1 saturated carbocycles. The number of aromatic amines is 1. The number of nitrogens with one attached hydrogen (secondary N) is 2. The van der Waals surface area contributed by atoms with E-state index in [0.717, 1.165) is 57.4 Å². The maximum Gasteiger partial charge on any atom is 0.267 e. The first-order valence-electron chi connectivity index (χ1n) is 11.1. The lowest BCUT2D eigenvalue weighted by Crippen LogP contribution is -2.54. The fourth-order valence-corrected chi connectivity index (χ4v) is 4.89. The Bertz CT molecular complexity index is 913. The van der Waals surface area contributed by atoms with E-state index in [9.17, 15) is 14.0 Å². The molecule has 1 aliphatic heterocycles. The van der Waals surface area contributed by atoms with Gasteiger partial charge in [-0.3, -0.25) is 14.5 Å². The summed E-state index contributed by atoms with van der Waals surface area (Å²) < 4.78 is 19.0. The van der Waals surface area contributed by atoms with E-state index < -0.39 is 0 Å². The van der Waals surface area contributed by atoms with Crippen LogP contribution >= 0.6 is 0 Å². The van der Waals surface area contributed by atoms with Crippen molar-refractivity contribution >= 4 is 22.7 Å². The highest BCUT2D eigenvalue weighted by atomic mass is 19.1. The molecule has 1 aromatic carbocycles. The van der Waals surface area contributed by atoms with Gasteiger partial charge in [-0.15, -0.1) is 0 Å². The fraction of sp³-hybridized carbons (Fsp3) is 0.565. The summed E-state index contributed by atoms with van der Waals surface area (Å²) in [6.07, 6.45) is 4.00. The number of amides is 2. The molecule has 0 radical (unpaired) electrons. The summed E-state index contributed by atoms with van der Waals surface area (Å²) in [7, 11) is 1.54. The van der Waals surface area contributed by atoms with Gasteiger partial charge >= 0.3 is 0 Å². The molecule has 1 aliphatic carbocycles. The van der Waals surface area contributed by atoms with Crippen LogP contribution < -0.4 is 5.32 Å². The van der Waals surface area contributed by atoms with Crippen LogP contribution in [-0.2, 0) is 9.53 Å². The van der Waals surface area contributed by atoms with Gasteiger partial charge in [0, 0.05) is 50.8 Å². The first kappa shape index (κ1) is 21.8. The molecule has 0 unspecified atom stereocenters. The smallest absolute Gasteiger partial charge is 0.267 e. The lowest BCUT2D eigenvalue weighted by Gasteiger charge is -2.42. The predicted octanol–water partition coefficient (Wildman–Crippen LogP) is 2.45. The quantitative estimate of drug-likeness (QED) is 0.764. The number of fused-ring (bicyclic) bond motifs is 1. The van der Waals surface area contributed by atoms with Gasteiger partial charge in [0.25, 0.3) is 5.91 Å². The minimum Gasteiger partial charge on any atom is -0.375 e. The number of aryl methyl sites for hydroxylation is 1. The molecule has 31 heavy (non-hydrogen) atoms. The highest BCUT2D eigenvalue weighted by Crippen LogP contribution is 2.26. The highest BCUT2D eigenvalue weighted by molar-refractivity contribution is 5.99. The maximum atomic E-state index is 14.1. The van der Waals surface area contributed by atoms with E-state index in [0.29, 0.717) is 22.6 Å². The molecule has 2 aliphatic rings. The second-order valence-corrected chi connectivity index (χ2v) is 8.68. The van der Waals surface area contributed by atoms with Crippen molar-refractivity contribution in [2.75, 3.05) is 39.9 Å². The molecule has 1 aromatic heterocycles. The summed E-state index contributed by atoms with van der Waals surface area (Å²) in [5.41, 5.74) is 1.99. The van der Waals surface area contributed by atoms with Crippen molar-refractivity contribution in [2.24, 2.45) is 0 Å². The standard InChI is InChI=1S/C23H31FN4O3/c1-15-6-7-19(24)18-13-20(26-22(15)18)23(30)25-16-4-3-5-17(12-16)27-8-10-28(11-9-27)21(29)14-31-2/h6-7,13,16-17,26H,3-5,8-12,14H2,1-2H3,(H,25,30)/t16-,17+/m1/s1. The van der Waals surface area contributed by atoms with E-state index >= 15 is 0 Å². The Morgan fingerprint density at radius 1 is 1.23 bits per heavy atom. The number of piperazine rings is 1. The number of hydrogen-bond donors (Lipinski definition) is 2. The van der Waals surface area contributed by atoms with Crippen molar-refractivity contribution in [3.8, 4) is 0 Å². The Balaban J connectivity index is 1.34. The van der Waals surface area contributed by atoms with E-state index in [1.165, 1.54) is 13.2 Å². The van der Waals surface area contributed by atoms with Crippen LogP contribution in [-0.4, -0.2) is 78.6 Å². The maximum absolute atomic E-state index is 14.1. The average molecular weight is 431 g/mol. The predicted molar refractivity (Wildman–Crippen MR) is 117 cm³/mol. The SMILES string of the molecule is COCC(=O)N1CCN([C@H]2CCC[C@@H](NC(=O)c3cc4c(F)ccc(C)c4[nH]3)C2)CC1. The zero-order valence-corrected chi connectivity index (χ0v) is 18.2. The molecule has 0 spiro atoms. The third-order valence-electron chi connectivity index (χ3n) is 6.63. The molecule has 7 nitrogen and oxygen atoms in total. The van der Waals surface area contributed by atoms with Crippen LogP contribution in [0.25, 0.3) is 10.9 Å². The van der Waals surface area contributed by atoms with Crippen LogP contribution in [0, 0.1) is 12.7 Å². The number of benzene rings is 1. The third kappa shape index (κ3) is 4.75. The molecule has 2 aromatic rings. The number of rotatable bonds is 5. The van der Waals surface area contributed by atoms with Crippen molar-refractivity contribution in [1.82, 2.24) is 20.1 Å². The summed E-state index contributed by atoms with van der Waals surface area (Å²) in [5.74, 6) is -0.465. The second kappa shape index (κ2) is 9.36. The number of nitrogens with zero attached hydrogens (tertiary/aromatic N) is 2. The molecular weight excluding hydrogens is 399 g/mol. The van der Waals surface area contributed by atoms with Crippen molar-refractivity contribution in [3.63, 3.8) is 0 Å². The highest BCUT2D eigenvalue weighted by Gasteiger charge is 2.31. The zero-order chi connectivity index (χ0) is 22.0. The summed E-state index contributed by atoms with van der Waals surface area (Å²) in [4.78, 5) is 32.2. The van der Waals surface area contributed by atoms with Gasteiger partial charge in [-0.1, -0.05) is 6.07 Å². The van der Waals surface area contributed by atoms with E-state index in [1.54, 1.807) is 12.1 Å². The van der Waals surface area contributed by atoms with Gasteiger partial charge in [-0.2, -0.15) is 0 Å². The number of halogens is 1. The molecule has 1 saturated heterocycles. The monoisotopic (exact) mass is 430 g/mol. The Kier molecular flexibility index (Phi) is 6.57. The molecule has 0 bridgehead atoms. The Morgan fingerprint density at radius 2 is 2.00 bits per heavy atom. The molecule has 2 atom stereocenters. The number of carbonyl (C=O) groups is 2. The minimum absolute atomic E-state index is 0.0425. The lowest BCUT2D eigenvalue weighted by atomic mass is 9.89. The Hall–Kier alpha value is -2.45. The first-order valence-corrected chi connectivity index (χ1v) is 11.1. The molecule has 8 heteroatoms. The van der Waals surface area contributed by atoms with Crippen LogP contribution in [0.3, 0.4) is 0 Å². The molecular formula is C23H31FN4O3. The second-order valence-electron chi connectivity index (χ2n) is 8.68. The first-order chi connectivity index (χ1) is 15.0. The van der Waals surface area contributed by atoms with Crippen molar-refractivity contribution < 1.29 is 18.7 Å². The van der Waals surface area contributed by atoms with Crippen LogP contribution in [0.1, 0.15) is 41.7 Å². The van der Waals surface area contributed by atoms with Crippen LogP contribution in [0.4, 0.5) is 4.39 Å². The van der Waals surface area contributed by atoms with Gasteiger partial charge in [0.1, 0.15) is 18.1 Å². The minimum atomic E-state index is -0.322. The number of aromatic nitrogens is 1. The molecule has 4 rings (SSSR count). The van der Waals surface area contributed by atoms with Gasteiger partial charge < -0.3 is 19.9 Å². The normalized spacial score (nSPS) is 22.6. The van der Waals surface area contributed by atoms with Gasteiger partial charge in [-0.05, 0) is 50.3 Å². The van der Waals surface area contributed by atoms with Gasteiger partial charge in [-0.25, -0.2) is 4.39 Å². The average Bonchev–Trinajstić information content (AvgIpc) is 3.24.